The Kier molecular flexibility index (Phi) is 4.43. The summed E-state index contributed by atoms with van der Waals surface area (Å²) in [4.78, 5) is 12.5. The number of nitrogens with zero attached hydrogens (tertiary/aromatic N) is 5. The van der Waals surface area contributed by atoms with Gasteiger partial charge >= 0.3 is 0 Å². The first-order valence-electron chi connectivity index (χ1n) is 6.24. The van der Waals surface area contributed by atoms with Crippen LogP contribution in [0.4, 0.5) is 11.9 Å². The Hall–Kier alpha value is -2.26. The molecule has 2 atom stereocenters. The van der Waals surface area contributed by atoms with Gasteiger partial charge in [0.1, 0.15) is 0 Å². The number of hydrogen-bond acceptors (Lipinski definition) is 8. The fraction of sp³-hybridized carbons (Fsp3) is 0.455. The van der Waals surface area contributed by atoms with Crippen LogP contribution in [0.25, 0.3) is 5.95 Å². The minimum absolute atomic E-state index is 0.00139. The van der Waals surface area contributed by atoms with E-state index >= 15 is 0 Å². The molecule has 2 aromatic heterocycles. The van der Waals surface area contributed by atoms with Crippen molar-refractivity contribution < 1.29 is 5.11 Å². The van der Waals surface area contributed by atoms with Crippen molar-refractivity contribution in [3.05, 3.63) is 18.5 Å². The van der Waals surface area contributed by atoms with Crippen molar-refractivity contribution in [1.29, 1.82) is 0 Å². The molecule has 0 spiro atoms. The summed E-state index contributed by atoms with van der Waals surface area (Å²) < 4.78 is 1.51. The van der Waals surface area contributed by atoms with Gasteiger partial charge in [-0.15, -0.1) is 0 Å². The topological polar surface area (TPSA) is 127 Å². The average Bonchev–Trinajstić information content (AvgIpc) is 3.00. The van der Waals surface area contributed by atoms with Crippen molar-refractivity contribution in [3.8, 4) is 5.95 Å². The first-order valence-corrected chi connectivity index (χ1v) is 6.24. The summed E-state index contributed by atoms with van der Waals surface area (Å²) in [5.74, 6) is 6.37. The third kappa shape index (κ3) is 3.19. The molecule has 0 radical (unpaired) electrons. The molecule has 0 fully saturated rings. The molecule has 5 N–H and O–H groups in total. The largest absolute Gasteiger partial charge is 0.396 e. The van der Waals surface area contributed by atoms with E-state index in [1.165, 1.54) is 4.68 Å². The molecular weight excluding hydrogens is 260 g/mol. The monoisotopic (exact) mass is 278 g/mol. The van der Waals surface area contributed by atoms with Gasteiger partial charge in [-0.05, 0) is 18.9 Å². The van der Waals surface area contributed by atoms with E-state index in [1.807, 2.05) is 13.8 Å². The normalized spacial score (nSPS) is 13.8. The minimum atomic E-state index is -0.00139. The van der Waals surface area contributed by atoms with E-state index < -0.39 is 0 Å². The molecule has 0 bridgehead atoms. The summed E-state index contributed by atoms with van der Waals surface area (Å²) in [6.45, 7) is 3.94. The van der Waals surface area contributed by atoms with Gasteiger partial charge in [-0.25, -0.2) is 10.5 Å². The molecule has 2 heterocycles. The highest BCUT2D eigenvalue weighted by molar-refractivity contribution is 5.37. The quantitative estimate of drug-likeness (QED) is 0.421. The molecular formula is C11H18N8O. The number of aliphatic hydroxyl groups excluding tert-OH is 1. The highest BCUT2D eigenvalue weighted by Gasteiger charge is 2.14. The Morgan fingerprint density at radius 2 is 2.05 bits per heavy atom. The third-order valence-corrected chi connectivity index (χ3v) is 2.96. The van der Waals surface area contributed by atoms with Crippen molar-refractivity contribution in [1.82, 2.24) is 24.7 Å². The number of nitrogens with two attached hydrogens (primary N) is 1. The number of nitrogen functional groups attached to an aromatic ring is 1. The first-order chi connectivity index (χ1) is 9.63. The number of hydrogen-bond donors (Lipinski definition) is 4. The van der Waals surface area contributed by atoms with Crippen molar-refractivity contribution in [2.45, 2.75) is 19.9 Å². The Morgan fingerprint density at radius 3 is 2.65 bits per heavy atom. The maximum absolute atomic E-state index is 9.15. The molecule has 0 aliphatic carbocycles. The van der Waals surface area contributed by atoms with Gasteiger partial charge in [-0.1, -0.05) is 6.92 Å². The number of aliphatic hydroxyl groups is 1. The zero-order valence-corrected chi connectivity index (χ0v) is 11.4. The van der Waals surface area contributed by atoms with Gasteiger partial charge in [0.15, 0.2) is 0 Å². The summed E-state index contributed by atoms with van der Waals surface area (Å²) in [5, 5.41) is 16.3. The lowest BCUT2D eigenvalue weighted by Gasteiger charge is -2.19. The van der Waals surface area contributed by atoms with Crippen LogP contribution >= 0.6 is 0 Å². The number of rotatable bonds is 6. The van der Waals surface area contributed by atoms with Crippen molar-refractivity contribution in [2.75, 3.05) is 17.3 Å². The molecule has 20 heavy (non-hydrogen) atoms. The van der Waals surface area contributed by atoms with E-state index in [1.54, 1.807) is 18.5 Å². The van der Waals surface area contributed by atoms with Crippen molar-refractivity contribution >= 4 is 11.9 Å². The second-order valence-corrected chi connectivity index (χ2v) is 4.47. The van der Waals surface area contributed by atoms with Crippen LogP contribution in [0.5, 0.6) is 0 Å². The van der Waals surface area contributed by atoms with E-state index in [2.05, 4.69) is 30.8 Å². The highest BCUT2D eigenvalue weighted by Crippen LogP contribution is 2.11. The Balaban J connectivity index is 2.27. The Labute approximate surface area is 116 Å². The average molecular weight is 278 g/mol. The van der Waals surface area contributed by atoms with Crippen LogP contribution in [-0.2, 0) is 0 Å². The van der Waals surface area contributed by atoms with Gasteiger partial charge in [0.25, 0.3) is 5.95 Å². The van der Waals surface area contributed by atoms with Crippen LogP contribution in [0, 0.1) is 5.92 Å². The van der Waals surface area contributed by atoms with Crippen LogP contribution in [0.15, 0.2) is 18.5 Å². The second kappa shape index (κ2) is 6.26. The van der Waals surface area contributed by atoms with E-state index in [0.29, 0.717) is 11.9 Å². The van der Waals surface area contributed by atoms with Crippen LogP contribution in [-0.4, -0.2) is 42.5 Å². The molecule has 9 heteroatoms. The van der Waals surface area contributed by atoms with Crippen LogP contribution in [0.1, 0.15) is 13.8 Å². The highest BCUT2D eigenvalue weighted by atomic mass is 16.3. The van der Waals surface area contributed by atoms with E-state index in [9.17, 15) is 0 Å². The van der Waals surface area contributed by atoms with Gasteiger partial charge in [0.05, 0.1) is 0 Å². The predicted octanol–water partition coefficient (Wildman–Crippen LogP) is -0.228. The molecule has 0 saturated heterocycles. The zero-order valence-electron chi connectivity index (χ0n) is 11.4. The molecule has 0 aliphatic heterocycles. The third-order valence-electron chi connectivity index (χ3n) is 2.96. The molecule has 108 valence electrons. The number of nitrogens with one attached hydrogen (secondary N) is 2. The lowest BCUT2D eigenvalue weighted by atomic mass is 10.1. The lowest BCUT2D eigenvalue weighted by Crippen LogP contribution is -2.28. The Bertz CT molecular complexity index is 543. The number of anilines is 2. The smallest absolute Gasteiger partial charge is 0.257 e. The maximum atomic E-state index is 9.15. The Morgan fingerprint density at radius 1 is 1.30 bits per heavy atom. The van der Waals surface area contributed by atoms with Crippen molar-refractivity contribution in [3.63, 3.8) is 0 Å². The van der Waals surface area contributed by atoms with Crippen LogP contribution in [0.2, 0.25) is 0 Å². The molecule has 0 amide bonds. The standard InChI is InChI=1S/C11H18N8O/c1-7(6-20)8(2)14-9-15-10(18-12)17-11(16-9)19-5-3-4-13-19/h3-5,7-8,20H,6,12H2,1-2H3,(H2,14,15,16,17,18). The molecule has 2 unspecified atom stereocenters. The van der Waals surface area contributed by atoms with Crippen molar-refractivity contribution in [2.24, 2.45) is 11.8 Å². The summed E-state index contributed by atoms with van der Waals surface area (Å²) in [6.07, 6.45) is 3.35. The van der Waals surface area contributed by atoms with Gasteiger partial charge in [0, 0.05) is 25.0 Å². The molecule has 2 aromatic rings. The second-order valence-electron chi connectivity index (χ2n) is 4.47. The fourth-order valence-electron chi connectivity index (χ4n) is 1.49. The molecule has 9 nitrogen and oxygen atoms in total. The number of aromatic nitrogens is 5. The van der Waals surface area contributed by atoms with Gasteiger partial charge in [-0.2, -0.15) is 20.1 Å². The predicted molar refractivity (Wildman–Crippen MR) is 74.1 cm³/mol. The van der Waals surface area contributed by atoms with E-state index in [0.717, 1.165) is 0 Å². The molecule has 2 rings (SSSR count). The summed E-state index contributed by atoms with van der Waals surface area (Å²) in [6, 6.07) is 1.77. The van der Waals surface area contributed by atoms with Crippen LogP contribution < -0.4 is 16.6 Å². The fourth-order valence-corrected chi connectivity index (χ4v) is 1.49. The minimum Gasteiger partial charge on any atom is -0.396 e. The summed E-state index contributed by atoms with van der Waals surface area (Å²) >= 11 is 0. The summed E-state index contributed by atoms with van der Waals surface area (Å²) in [5.41, 5.74) is 2.39. The maximum Gasteiger partial charge on any atom is 0.257 e. The SMILES string of the molecule is CC(CO)C(C)Nc1nc(NN)nc(-n2cccn2)n1. The zero-order chi connectivity index (χ0) is 14.5. The lowest BCUT2D eigenvalue weighted by molar-refractivity contribution is 0.226. The number of hydrazine groups is 1. The van der Waals surface area contributed by atoms with Crippen LogP contribution in [0.3, 0.4) is 0 Å². The van der Waals surface area contributed by atoms with Gasteiger partial charge in [0.2, 0.25) is 11.9 Å². The molecule has 0 saturated carbocycles. The van der Waals surface area contributed by atoms with Gasteiger partial charge < -0.3 is 10.4 Å². The molecule has 0 aliphatic rings. The van der Waals surface area contributed by atoms with E-state index in [4.69, 9.17) is 10.9 Å². The molecule has 0 aromatic carbocycles. The first kappa shape index (κ1) is 14.2. The summed E-state index contributed by atoms with van der Waals surface area (Å²) in [7, 11) is 0. The van der Waals surface area contributed by atoms with Gasteiger partial charge in [-0.3, -0.25) is 5.43 Å². The van der Waals surface area contributed by atoms with E-state index in [-0.39, 0.29) is 24.5 Å².